The molecule has 0 bridgehead atoms. The first-order valence-corrected chi connectivity index (χ1v) is 6.02. The normalized spacial score (nSPS) is 19.1. The molecule has 1 aromatic rings. The molecule has 19 heavy (non-hydrogen) atoms. The summed E-state index contributed by atoms with van der Waals surface area (Å²) in [5, 5.41) is -0.240. The lowest BCUT2D eigenvalue weighted by Gasteiger charge is -2.18. The quantitative estimate of drug-likeness (QED) is 0.801. The van der Waals surface area contributed by atoms with Gasteiger partial charge in [-0.1, -0.05) is 0 Å². The average Bonchev–Trinajstić information content (AvgIpc) is 2.68. The number of hydrogen-bond donors (Lipinski definition) is 0. The number of benzene rings is 1. The van der Waals surface area contributed by atoms with E-state index < -0.39 is 6.61 Å². The summed E-state index contributed by atoms with van der Waals surface area (Å²) in [6, 6.07) is 4.34. The minimum atomic E-state index is -2.93. The smallest absolute Gasteiger partial charge is 0.387 e. The molecule has 2 rings (SSSR count). The Morgan fingerprint density at radius 1 is 1.42 bits per heavy atom. The van der Waals surface area contributed by atoms with Crippen LogP contribution in [0.5, 0.6) is 11.5 Å². The van der Waals surface area contributed by atoms with E-state index in [0.29, 0.717) is 12.2 Å². The van der Waals surface area contributed by atoms with E-state index in [-0.39, 0.29) is 29.2 Å². The lowest BCUT2D eigenvalue weighted by atomic mass is 10.2. The van der Waals surface area contributed by atoms with Gasteiger partial charge < -0.3 is 14.4 Å². The molecular weight excluding hydrogens is 280 g/mol. The number of nitrogens with zero attached hydrogens (tertiary/aromatic N) is 1. The fourth-order valence-corrected chi connectivity index (χ4v) is 2.20. The zero-order valence-electron chi connectivity index (χ0n) is 10.1. The predicted octanol–water partition coefficient (Wildman–Crippen LogP) is 2.64. The Kier molecular flexibility index (Phi) is 4.09. The molecule has 1 fully saturated rings. The number of carbonyl (C=O) groups is 1. The number of alkyl halides is 3. The fraction of sp³-hybridized carbons (Fsp3) is 0.417. The molecule has 4 nitrogen and oxygen atoms in total. The van der Waals surface area contributed by atoms with Crippen molar-refractivity contribution in [2.45, 2.75) is 18.4 Å². The number of methoxy groups -OCH3 is 1. The summed E-state index contributed by atoms with van der Waals surface area (Å²) in [6.07, 6.45) is 0.263. The van der Waals surface area contributed by atoms with Gasteiger partial charge in [-0.05, 0) is 12.1 Å². The molecule has 0 aromatic heterocycles. The first-order chi connectivity index (χ1) is 9.01. The maximum Gasteiger partial charge on any atom is 0.387 e. The molecule has 1 aliphatic heterocycles. The van der Waals surface area contributed by atoms with Crippen LogP contribution in [-0.4, -0.2) is 31.6 Å². The van der Waals surface area contributed by atoms with Gasteiger partial charge in [0, 0.05) is 24.7 Å². The van der Waals surface area contributed by atoms with Crippen LogP contribution in [0.1, 0.15) is 6.42 Å². The number of hydrogen-bond acceptors (Lipinski definition) is 3. The summed E-state index contributed by atoms with van der Waals surface area (Å²) < 4.78 is 33.7. The second kappa shape index (κ2) is 5.61. The number of ether oxygens (including phenoxy) is 2. The topological polar surface area (TPSA) is 38.8 Å². The largest absolute Gasteiger partial charge is 0.493 e. The monoisotopic (exact) mass is 291 g/mol. The summed E-state index contributed by atoms with van der Waals surface area (Å²) in [5.74, 6) is -0.0384. The Morgan fingerprint density at radius 2 is 2.16 bits per heavy atom. The summed E-state index contributed by atoms with van der Waals surface area (Å²) >= 11 is 5.91. The number of amides is 1. The zero-order valence-corrected chi connectivity index (χ0v) is 10.9. The first kappa shape index (κ1) is 13.9. The zero-order chi connectivity index (χ0) is 14.0. The van der Waals surface area contributed by atoms with Gasteiger partial charge in [0.1, 0.15) is 0 Å². The van der Waals surface area contributed by atoms with Crippen molar-refractivity contribution in [3.8, 4) is 11.5 Å². The van der Waals surface area contributed by atoms with Gasteiger partial charge in [-0.15, -0.1) is 11.6 Å². The van der Waals surface area contributed by atoms with Crippen molar-refractivity contribution in [2.75, 3.05) is 18.6 Å². The van der Waals surface area contributed by atoms with Crippen LogP contribution in [-0.2, 0) is 4.79 Å². The summed E-state index contributed by atoms with van der Waals surface area (Å²) in [5.41, 5.74) is 0.548. The second-order valence-corrected chi connectivity index (χ2v) is 4.64. The van der Waals surface area contributed by atoms with Crippen LogP contribution in [0, 0.1) is 0 Å². The minimum Gasteiger partial charge on any atom is -0.493 e. The lowest BCUT2D eigenvalue weighted by molar-refractivity contribution is -0.117. The first-order valence-electron chi connectivity index (χ1n) is 5.58. The number of carbonyl (C=O) groups excluding carboxylic acids is 1. The maximum absolute atomic E-state index is 12.2. The van der Waals surface area contributed by atoms with Crippen molar-refractivity contribution >= 4 is 23.2 Å². The lowest BCUT2D eigenvalue weighted by Crippen LogP contribution is -2.24. The Hall–Kier alpha value is -1.56. The average molecular weight is 292 g/mol. The van der Waals surface area contributed by atoms with Crippen molar-refractivity contribution < 1.29 is 23.0 Å². The molecule has 1 atom stereocenters. The molecule has 0 radical (unpaired) electrons. The second-order valence-electron chi connectivity index (χ2n) is 4.02. The van der Waals surface area contributed by atoms with Crippen molar-refractivity contribution in [1.29, 1.82) is 0 Å². The van der Waals surface area contributed by atoms with E-state index in [0.717, 1.165) is 0 Å². The van der Waals surface area contributed by atoms with Crippen LogP contribution in [0.4, 0.5) is 14.5 Å². The highest BCUT2D eigenvalue weighted by Crippen LogP contribution is 2.34. The molecule has 0 saturated carbocycles. The van der Waals surface area contributed by atoms with Crippen molar-refractivity contribution in [1.82, 2.24) is 0 Å². The highest BCUT2D eigenvalue weighted by atomic mass is 35.5. The summed E-state index contributed by atoms with van der Waals surface area (Å²) in [6.45, 7) is -2.54. The Bertz CT molecular complexity index is 484. The third-order valence-electron chi connectivity index (χ3n) is 2.75. The molecule has 104 valence electrons. The van der Waals surface area contributed by atoms with E-state index in [1.807, 2.05) is 0 Å². The van der Waals surface area contributed by atoms with Crippen LogP contribution >= 0.6 is 11.6 Å². The van der Waals surface area contributed by atoms with Crippen LogP contribution in [0.25, 0.3) is 0 Å². The van der Waals surface area contributed by atoms with Crippen LogP contribution < -0.4 is 14.4 Å². The van der Waals surface area contributed by atoms with Gasteiger partial charge in [0.05, 0.1) is 12.5 Å². The fourth-order valence-electron chi connectivity index (χ4n) is 1.93. The number of rotatable bonds is 4. The van der Waals surface area contributed by atoms with E-state index in [4.69, 9.17) is 16.3 Å². The number of halogens is 3. The summed E-state index contributed by atoms with van der Waals surface area (Å²) in [7, 11) is 1.34. The molecule has 7 heteroatoms. The minimum absolute atomic E-state index is 0.0738. The van der Waals surface area contributed by atoms with E-state index in [9.17, 15) is 13.6 Å². The molecule has 0 N–H and O–H groups in total. The predicted molar refractivity (Wildman–Crippen MR) is 66.2 cm³/mol. The van der Waals surface area contributed by atoms with Gasteiger partial charge in [-0.2, -0.15) is 8.78 Å². The third-order valence-corrected chi connectivity index (χ3v) is 3.05. The van der Waals surface area contributed by atoms with E-state index in [2.05, 4.69) is 4.74 Å². The maximum atomic E-state index is 12.2. The SMILES string of the molecule is COc1cc(N2CC(Cl)CC2=O)ccc1OC(F)F. The van der Waals surface area contributed by atoms with Gasteiger partial charge in [0.15, 0.2) is 11.5 Å². The van der Waals surface area contributed by atoms with Gasteiger partial charge in [-0.3, -0.25) is 4.79 Å². The van der Waals surface area contributed by atoms with Crippen LogP contribution in [0.15, 0.2) is 18.2 Å². The molecule has 0 aliphatic carbocycles. The summed E-state index contributed by atoms with van der Waals surface area (Å²) in [4.78, 5) is 13.2. The highest BCUT2D eigenvalue weighted by molar-refractivity contribution is 6.24. The van der Waals surface area contributed by atoms with Crippen molar-refractivity contribution in [2.24, 2.45) is 0 Å². The van der Waals surface area contributed by atoms with E-state index in [1.54, 1.807) is 0 Å². The highest BCUT2D eigenvalue weighted by Gasteiger charge is 2.29. The molecule has 1 heterocycles. The van der Waals surface area contributed by atoms with Gasteiger partial charge >= 0.3 is 6.61 Å². The number of anilines is 1. The van der Waals surface area contributed by atoms with Crippen LogP contribution in [0.2, 0.25) is 0 Å². The van der Waals surface area contributed by atoms with Crippen molar-refractivity contribution in [3.05, 3.63) is 18.2 Å². The molecule has 0 spiro atoms. The molecule has 1 aromatic carbocycles. The Morgan fingerprint density at radius 3 is 2.68 bits per heavy atom. The van der Waals surface area contributed by atoms with Gasteiger partial charge in [-0.25, -0.2) is 0 Å². The third kappa shape index (κ3) is 3.07. The molecular formula is C12H12ClF2NO3. The Labute approximate surface area is 113 Å². The van der Waals surface area contributed by atoms with Crippen molar-refractivity contribution in [3.63, 3.8) is 0 Å². The van der Waals surface area contributed by atoms with Gasteiger partial charge in [0.2, 0.25) is 5.91 Å². The molecule has 1 unspecified atom stereocenters. The Balaban J connectivity index is 2.26. The molecule has 1 saturated heterocycles. The van der Waals surface area contributed by atoms with Gasteiger partial charge in [0.25, 0.3) is 0 Å². The standard InChI is InChI=1S/C12H12ClF2NO3/c1-18-10-5-8(2-3-9(10)19-12(14)15)16-6-7(13)4-11(16)17/h2-3,5,7,12H,4,6H2,1H3. The molecule has 1 aliphatic rings. The molecule has 1 amide bonds. The van der Waals surface area contributed by atoms with E-state index >= 15 is 0 Å². The van der Waals surface area contributed by atoms with Crippen LogP contribution in [0.3, 0.4) is 0 Å². The van der Waals surface area contributed by atoms with E-state index in [1.165, 1.54) is 30.2 Å².